The Morgan fingerprint density at radius 1 is 1.44 bits per heavy atom. The molecule has 1 aliphatic heterocycles. The molecule has 0 bridgehead atoms. The minimum atomic E-state index is 0. The highest BCUT2D eigenvalue weighted by Gasteiger charge is 2.18. The van der Waals surface area contributed by atoms with Gasteiger partial charge in [-0.05, 0) is 26.7 Å². The van der Waals surface area contributed by atoms with Crippen molar-refractivity contribution in [3.8, 4) is 0 Å². The van der Waals surface area contributed by atoms with E-state index in [1.807, 2.05) is 27.7 Å². The van der Waals surface area contributed by atoms with Gasteiger partial charge < -0.3 is 11.1 Å². The number of carbonyl (C=O) groups excluding carboxylic acids is 1. The molecule has 0 saturated carbocycles. The number of hydrogen-bond acceptors (Lipinski definition) is 3. The van der Waals surface area contributed by atoms with Crippen molar-refractivity contribution in [2.45, 2.75) is 52.6 Å². The monoisotopic (exact) mass is 233 g/mol. The lowest BCUT2D eigenvalue weighted by molar-refractivity contribution is -0.123. The Balaban J connectivity index is -0.000000534. The molecule has 1 amide bonds. The lowest BCUT2D eigenvalue weighted by atomic mass is 10.1. The number of nitrogens with zero attached hydrogens (tertiary/aromatic N) is 1. The SMILES string of the molecule is CC.CC(C)NC(=O)CN1CCC(N)CC1.[HH].[HH]. The highest BCUT2D eigenvalue weighted by molar-refractivity contribution is 5.78. The molecule has 0 spiro atoms. The van der Waals surface area contributed by atoms with E-state index in [0.717, 1.165) is 25.9 Å². The fourth-order valence-electron chi connectivity index (χ4n) is 1.68. The molecule has 100 valence electrons. The van der Waals surface area contributed by atoms with Gasteiger partial charge in [0.05, 0.1) is 6.54 Å². The maximum Gasteiger partial charge on any atom is 0.234 e. The average molecular weight is 233 g/mol. The molecule has 0 atom stereocenters. The summed E-state index contributed by atoms with van der Waals surface area (Å²) in [7, 11) is 0. The first kappa shape index (κ1) is 15.4. The van der Waals surface area contributed by atoms with E-state index in [1.165, 1.54) is 0 Å². The number of rotatable bonds is 3. The summed E-state index contributed by atoms with van der Waals surface area (Å²) in [5, 5.41) is 2.89. The first-order valence-electron chi connectivity index (χ1n) is 6.35. The molecule has 0 aliphatic carbocycles. The van der Waals surface area contributed by atoms with Crippen molar-refractivity contribution in [1.29, 1.82) is 0 Å². The Morgan fingerprint density at radius 3 is 2.38 bits per heavy atom. The van der Waals surface area contributed by atoms with Crippen molar-refractivity contribution >= 4 is 5.91 Å². The second-order valence-electron chi connectivity index (χ2n) is 4.34. The maximum absolute atomic E-state index is 11.4. The Morgan fingerprint density at radius 2 is 1.94 bits per heavy atom. The van der Waals surface area contributed by atoms with Crippen molar-refractivity contribution in [3.63, 3.8) is 0 Å². The predicted octanol–water partition coefficient (Wildman–Crippen LogP) is 1.45. The smallest absolute Gasteiger partial charge is 0.234 e. The van der Waals surface area contributed by atoms with Crippen LogP contribution in [-0.2, 0) is 4.79 Å². The molecule has 0 aromatic carbocycles. The summed E-state index contributed by atoms with van der Waals surface area (Å²) in [4.78, 5) is 13.6. The quantitative estimate of drug-likeness (QED) is 0.776. The zero-order valence-electron chi connectivity index (χ0n) is 11.1. The van der Waals surface area contributed by atoms with E-state index >= 15 is 0 Å². The van der Waals surface area contributed by atoms with Crippen LogP contribution in [0.4, 0.5) is 0 Å². The second kappa shape index (κ2) is 8.53. The van der Waals surface area contributed by atoms with Crippen LogP contribution in [0.5, 0.6) is 0 Å². The molecule has 1 heterocycles. The summed E-state index contributed by atoms with van der Waals surface area (Å²) in [6, 6.07) is 0.564. The van der Waals surface area contributed by atoms with Crippen LogP contribution < -0.4 is 11.1 Å². The summed E-state index contributed by atoms with van der Waals surface area (Å²) in [6.45, 7) is 10.4. The van der Waals surface area contributed by atoms with Crippen molar-refractivity contribution in [2.75, 3.05) is 19.6 Å². The van der Waals surface area contributed by atoms with Crippen LogP contribution in [0, 0.1) is 0 Å². The normalized spacial score (nSPS) is 17.9. The molecule has 4 heteroatoms. The van der Waals surface area contributed by atoms with Crippen molar-refractivity contribution in [1.82, 2.24) is 10.2 Å². The minimum absolute atomic E-state index is 0. The number of nitrogens with two attached hydrogens (primary N) is 1. The van der Waals surface area contributed by atoms with Gasteiger partial charge in [-0.2, -0.15) is 0 Å². The van der Waals surface area contributed by atoms with Crippen LogP contribution in [0.25, 0.3) is 0 Å². The summed E-state index contributed by atoms with van der Waals surface area (Å²) in [5.41, 5.74) is 5.78. The van der Waals surface area contributed by atoms with Gasteiger partial charge in [0.15, 0.2) is 0 Å². The number of carbonyl (C=O) groups is 1. The molecule has 1 rings (SSSR count). The van der Waals surface area contributed by atoms with Gasteiger partial charge in [-0.3, -0.25) is 9.69 Å². The van der Waals surface area contributed by atoms with E-state index in [-0.39, 0.29) is 14.8 Å². The van der Waals surface area contributed by atoms with Crippen molar-refractivity contribution < 1.29 is 7.65 Å². The Bertz CT molecular complexity index is 196. The van der Waals surface area contributed by atoms with E-state index in [0.29, 0.717) is 12.6 Å². The molecule has 0 aromatic heterocycles. The van der Waals surface area contributed by atoms with E-state index in [2.05, 4.69) is 10.2 Å². The summed E-state index contributed by atoms with van der Waals surface area (Å²) in [5.74, 6) is 0.121. The standard InChI is InChI=1S/C10H21N3O.C2H6.2H2/c1-8(2)12-10(14)7-13-5-3-9(11)4-6-13;1-2;;/h8-9H,3-7,11H2,1-2H3,(H,12,14);1-2H3;2*1H. The minimum Gasteiger partial charge on any atom is -0.353 e. The third-order valence-corrected chi connectivity index (χ3v) is 2.45. The molecular weight excluding hydrogens is 202 g/mol. The summed E-state index contributed by atoms with van der Waals surface area (Å²) >= 11 is 0. The Kier molecular flexibility index (Phi) is 8.21. The van der Waals surface area contributed by atoms with Crippen molar-refractivity contribution in [2.24, 2.45) is 5.73 Å². The fourth-order valence-corrected chi connectivity index (χ4v) is 1.68. The van der Waals surface area contributed by atoms with E-state index < -0.39 is 0 Å². The van der Waals surface area contributed by atoms with Gasteiger partial charge in [-0.25, -0.2) is 0 Å². The second-order valence-corrected chi connectivity index (χ2v) is 4.34. The molecular formula is C12H31N3O. The highest BCUT2D eigenvalue weighted by atomic mass is 16.2. The number of likely N-dealkylation sites (tertiary alicyclic amines) is 1. The predicted molar refractivity (Wildman–Crippen MR) is 72.5 cm³/mol. The van der Waals surface area contributed by atoms with Crippen LogP contribution in [0.1, 0.15) is 43.4 Å². The zero-order valence-corrected chi connectivity index (χ0v) is 11.1. The Labute approximate surface area is 103 Å². The molecule has 1 saturated heterocycles. The van der Waals surface area contributed by atoms with Crippen LogP contribution in [0.15, 0.2) is 0 Å². The number of hydrogen-bond donors (Lipinski definition) is 2. The number of nitrogens with one attached hydrogen (secondary N) is 1. The molecule has 3 N–H and O–H groups in total. The fraction of sp³-hybridized carbons (Fsp3) is 0.917. The van der Waals surface area contributed by atoms with Gasteiger partial charge in [0.2, 0.25) is 5.91 Å². The van der Waals surface area contributed by atoms with Gasteiger partial charge in [0.1, 0.15) is 0 Å². The molecule has 1 aliphatic rings. The molecule has 0 aromatic rings. The third-order valence-electron chi connectivity index (χ3n) is 2.45. The van der Waals surface area contributed by atoms with Crippen LogP contribution in [0.2, 0.25) is 0 Å². The maximum atomic E-state index is 11.4. The number of amides is 1. The molecule has 4 nitrogen and oxygen atoms in total. The van der Waals surface area contributed by atoms with Crippen LogP contribution >= 0.6 is 0 Å². The van der Waals surface area contributed by atoms with Gasteiger partial charge in [-0.15, -0.1) is 0 Å². The van der Waals surface area contributed by atoms with Crippen molar-refractivity contribution in [3.05, 3.63) is 0 Å². The summed E-state index contributed by atoms with van der Waals surface area (Å²) in [6.07, 6.45) is 2.02. The molecule has 0 radical (unpaired) electrons. The van der Waals surface area contributed by atoms with Gasteiger partial charge >= 0.3 is 0 Å². The van der Waals surface area contributed by atoms with Crippen LogP contribution in [-0.4, -0.2) is 42.5 Å². The van der Waals surface area contributed by atoms with E-state index in [4.69, 9.17) is 5.73 Å². The number of piperidine rings is 1. The van der Waals surface area contributed by atoms with E-state index in [9.17, 15) is 4.79 Å². The van der Waals surface area contributed by atoms with E-state index in [1.54, 1.807) is 0 Å². The lowest BCUT2D eigenvalue weighted by Gasteiger charge is -2.29. The molecule has 16 heavy (non-hydrogen) atoms. The molecule has 0 unspecified atom stereocenters. The Hall–Kier alpha value is -0.610. The first-order chi connectivity index (χ1) is 7.58. The summed E-state index contributed by atoms with van der Waals surface area (Å²) < 4.78 is 0. The average Bonchev–Trinajstić information content (AvgIpc) is 2.23. The zero-order chi connectivity index (χ0) is 12.6. The van der Waals surface area contributed by atoms with Gasteiger partial charge in [0, 0.05) is 28.0 Å². The first-order valence-corrected chi connectivity index (χ1v) is 6.35. The van der Waals surface area contributed by atoms with Crippen LogP contribution in [0.3, 0.4) is 0 Å². The van der Waals surface area contributed by atoms with Gasteiger partial charge in [-0.1, -0.05) is 13.8 Å². The van der Waals surface area contributed by atoms with Gasteiger partial charge in [0.25, 0.3) is 0 Å². The topological polar surface area (TPSA) is 58.4 Å². The highest BCUT2D eigenvalue weighted by Crippen LogP contribution is 2.07. The third kappa shape index (κ3) is 6.80. The molecule has 1 fully saturated rings. The lowest BCUT2D eigenvalue weighted by Crippen LogP contribution is -2.45. The largest absolute Gasteiger partial charge is 0.353 e.